The molecule has 3 rings (SSSR count). The van der Waals surface area contributed by atoms with Crippen LogP contribution in [0.1, 0.15) is 74.9 Å². The summed E-state index contributed by atoms with van der Waals surface area (Å²) < 4.78 is 132. The molecule has 32 nitrogen and oxygen atoms in total. The van der Waals surface area contributed by atoms with Gasteiger partial charge in [-0.1, -0.05) is 0 Å². The molecule has 32 heteroatoms. The Labute approximate surface area is 580 Å². The second-order valence-electron chi connectivity index (χ2n) is 22.3. The molecule has 1 fully saturated rings. The normalized spacial score (nSPS) is 13.8. The van der Waals surface area contributed by atoms with E-state index in [0.29, 0.717) is 33.4 Å². The van der Waals surface area contributed by atoms with Crippen molar-refractivity contribution in [1.82, 2.24) is 0 Å². The molecule has 99 heavy (non-hydrogen) atoms. The molecule has 0 aliphatic carbocycles. The van der Waals surface area contributed by atoms with Crippen LogP contribution in [0.25, 0.3) is 0 Å². The topological polar surface area (TPSA) is 385 Å². The standard InChI is InChI=1S/C67H112O32/c1-66(2)98-49-60(99-66)48-95-65(76)67(3,52-96-63(74)54-40-56(44-89-34-28-83-22-16-77-10-4-68)61(50-93-38-32-87-26-20-81-14-8-72)57(41-54)45-90-35-29-84-23-17-78-11-5-69)53-97-64(75)55-42-58(46-91-36-30-85-24-18-79-12-6-70)62(51-94-39-33-88-27-21-82-15-9-73)59(43-55)47-92-37-31-86-25-19-80-13-7-71/h40-43,60,68-73H,4-39,44-53H2,1-3H3/t60-/m0/s1. The van der Waals surface area contributed by atoms with Crippen molar-refractivity contribution in [1.29, 1.82) is 0 Å². The average Bonchev–Trinajstić information content (AvgIpc) is 1.73. The van der Waals surface area contributed by atoms with Crippen molar-refractivity contribution in [2.45, 2.75) is 72.3 Å². The van der Waals surface area contributed by atoms with Crippen LogP contribution < -0.4 is 0 Å². The Morgan fingerprint density at radius 3 is 0.828 bits per heavy atom. The minimum atomic E-state index is -1.85. The molecule has 0 aromatic heterocycles. The number of carbonyl (C=O) groups excluding carboxylic acids is 3. The summed E-state index contributed by atoms with van der Waals surface area (Å²) in [7, 11) is 0. The van der Waals surface area contributed by atoms with Gasteiger partial charge in [0.2, 0.25) is 0 Å². The van der Waals surface area contributed by atoms with Gasteiger partial charge < -0.3 is 140 Å². The molecule has 2 aromatic carbocycles. The summed E-state index contributed by atoms with van der Waals surface area (Å²) in [5.41, 5.74) is 1.64. The Morgan fingerprint density at radius 1 is 0.364 bits per heavy atom. The van der Waals surface area contributed by atoms with Crippen molar-refractivity contribution < 1.29 is 154 Å². The van der Waals surface area contributed by atoms with Gasteiger partial charge in [0.25, 0.3) is 0 Å². The quantitative estimate of drug-likeness (QED) is 0.0301. The second-order valence-corrected chi connectivity index (χ2v) is 22.3. The summed E-state index contributed by atoms with van der Waals surface area (Å²) in [5, 5.41) is 54.2. The van der Waals surface area contributed by atoms with Crippen molar-refractivity contribution in [3.05, 3.63) is 68.8 Å². The Kier molecular flexibility index (Phi) is 53.3. The molecule has 0 radical (unpaired) electrons. The van der Waals surface area contributed by atoms with E-state index in [9.17, 15) is 14.4 Å². The largest absolute Gasteiger partial charge is 0.462 e. The smallest absolute Gasteiger partial charge is 0.338 e. The Balaban J connectivity index is 2.03. The van der Waals surface area contributed by atoms with Crippen LogP contribution in [-0.2, 0) is 153 Å². The molecule has 1 heterocycles. The lowest BCUT2D eigenvalue weighted by molar-refractivity contribution is -0.170. The Hall–Kier alpha value is -4.19. The van der Waals surface area contributed by atoms with E-state index in [1.807, 2.05) is 0 Å². The third-order valence-electron chi connectivity index (χ3n) is 13.7. The van der Waals surface area contributed by atoms with Gasteiger partial charge in [-0.15, -0.1) is 0 Å². The first-order chi connectivity index (χ1) is 48.3. The van der Waals surface area contributed by atoms with E-state index in [0.717, 1.165) is 0 Å². The van der Waals surface area contributed by atoms with Crippen LogP contribution in [0.2, 0.25) is 0 Å². The molecule has 572 valence electrons. The summed E-state index contributed by atoms with van der Waals surface area (Å²) in [6.07, 6.45) is -0.648. The minimum absolute atomic E-state index is 0.0291. The zero-order chi connectivity index (χ0) is 71.5. The van der Waals surface area contributed by atoms with E-state index >= 15 is 0 Å². The summed E-state index contributed by atoms with van der Waals surface area (Å²) in [5.74, 6) is -3.58. The molecular formula is C67H112O32. The third-order valence-corrected chi connectivity index (χ3v) is 13.7. The number of esters is 3. The number of benzene rings is 2. The highest BCUT2D eigenvalue weighted by atomic mass is 16.8. The van der Waals surface area contributed by atoms with Gasteiger partial charge in [0.1, 0.15) is 31.3 Å². The predicted octanol–water partition coefficient (Wildman–Crippen LogP) is 0.654. The first kappa shape index (κ1) is 89.0. The van der Waals surface area contributed by atoms with Crippen molar-refractivity contribution in [2.75, 3.05) is 264 Å². The maximum atomic E-state index is 14.6. The fourth-order valence-electron chi connectivity index (χ4n) is 8.78. The fourth-order valence-corrected chi connectivity index (χ4v) is 8.78. The van der Waals surface area contributed by atoms with Crippen LogP contribution in [0, 0.1) is 5.41 Å². The van der Waals surface area contributed by atoms with Crippen LogP contribution in [0.15, 0.2) is 24.3 Å². The number of hydrogen-bond acceptors (Lipinski definition) is 32. The van der Waals surface area contributed by atoms with Crippen LogP contribution in [0.4, 0.5) is 0 Å². The molecule has 0 bridgehead atoms. The van der Waals surface area contributed by atoms with Gasteiger partial charge >= 0.3 is 17.9 Å². The number of hydrogen-bond donors (Lipinski definition) is 6. The van der Waals surface area contributed by atoms with Gasteiger partial charge in [0, 0.05) is 0 Å². The lowest BCUT2D eigenvalue weighted by Crippen LogP contribution is -2.41. The van der Waals surface area contributed by atoms with E-state index in [4.69, 9.17) is 140 Å². The molecule has 0 amide bonds. The van der Waals surface area contributed by atoms with Gasteiger partial charge in [0.05, 0.1) is 295 Å². The highest BCUT2D eigenvalue weighted by Crippen LogP contribution is 2.29. The van der Waals surface area contributed by atoms with E-state index in [1.54, 1.807) is 38.1 Å². The van der Waals surface area contributed by atoms with Crippen molar-refractivity contribution in [3.63, 3.8) is 0 Å². The number of carbonyl (C=O) groups is 3. The van der Waals surface area contributed by atoms with Gasteiger partial charge in [-0.2, -0.15) is 0 Å². The minimum Gasteiger partial charge on any atom is -0.462 e. The monoisotopic (exact) mass is 1430 g/mol. The first-order valence-electron chi connectivity index (χ1n) is 33.5. The summed E-state index contributed by atoms with van der Waals surface area (Å²) in [6, 6.07) is 6.34. The van der Waals surface area contributed by atoms with Crippen molar-refractivity contribution in [3.8, 4) is 0 Å². The maximum Gasteiger partial charge on any atom is 0.338 e. The number of ether oxygens (including phenoxy) is 23. The Bertz CT molecular complexity index is 2110. The number of aliphatic hydroxyl groups is 6. The highest BCUT2D eigenvalue weighted by molar-refractivity contribution is 5.91. The van der Waals surface area contributed by atoms with Crippen molar-refractivity contribution in [2.24, 2.45) is 5.41 Å². The number of rotatable bonds is 69. The van der Waals surface area contributed by atoms with Crippen LogP contribution in [-0.4, -0.2) is 325 Å². The van der Waals surface area contributed by atoms with E-state index in [2.05, 4.69) is 0 Å². The zero-order valence-electron chi connectivity index (χ0n) is 58.2. The van der Waals surface area contributed by atoms with Crippen molar-refractivity contribution >= 4 is 17.9 Å². The molecule has 1 aliphatic heterocycles. The molecular weight excluding hydrogens is 1320 g/mol. The van der Waals surface area contributed by atoms with Crippen LogP contribution in [0.3, 0.4) is 0 Å². The predicted molar refractivity (Wildman–Crippen MR) is 348 cm³/mol. The molecule has 1 aliphatic rings. The third kappa shape index (κ3) is 42.9. The van der Waals surface area contributed by atoms with Gasteiger partial charge in [-0.05, 0) is 78.4 Å². The zero-order valence-corrected chi connectivity index (χ0v) is 58.2. The fraction of sp³-hybridized carbons (Fsp3) is 0.776. The van der Waals surface area contributed by atoms with Crippen LogP contribution >= 0.6 is 0 Å². The van der Waals surface area contributed by atoms with E-state index < -0.39 is 48.4 Å². The summed E-state index contributed by atoms with van der Waals surface area (Å²) >= 11 is 0. The lowest BCUT2D eigenvalue weighted by Gasteiger charge is -2.27. The highest BCUT2D eigenvalue weighted by Gasteiger charge is 2.41. The molecule has 0 unspecified atom stereocenters. The van der Waals surface area contributed by atoms with E-state index in [-0.39, 0.29) is 302 Å². The maximum absolute atomic E-state index is 14.6. The summed E-state index contributed by atoms with van der Waals surface area (Å²) in [4.78, 5) is 43.8. The molecule has 2 aromatic rings. The van der Waals surface area contributed by atoms with Gasteiger partial charge in [0.15, 0.2) is 5.79 Å². The second kappa shape index (κ2) is 59.2. The summed E-state index contributed by atoms with van der Waals surface area (Å²) in [6.45, 7) is 9.18. The van der Waals surface area contributed by atoms with Gasteiger partial charge in [-0.3, -0.25) is 4.79 Å². The lowest BCUT2D eigenvalue weighted by atomic mass is 9.92. The molecule has 0 spiro atoms. The molecule has 6 N–H and O–H groups in total. The number of aliphatic hydroxyl groups excluding tert-OH is 6. The first-order valence-corrected chi connectivity index (χ1v) is 33.5. The molecule has 0 saturated carbocycles. The van der Waals surface area contributed by atoms with Gasteiger partial charge in [-0.25, -0.2) is 9.59 Å². The van der Waals surface area contributed by atoms with E-state index in [1.165, 1.54) is 6.92 Å². The average molecular weight is 1430 g/mol. The molecule has 1 atom stereocenters. The Morgan fingerprint density at radius 2 is 0.596 bits per heavy atom. The molecule has 1 saturated heterocycles. The van der Waals surface area contributed by atoms with Crippen LogP contribution in [0.5, 0.6) is 0 Å². The SMILES string of the molecule is CC1(C)OC[C@H](COC(=O)C(C)(COC(=O)c2cc(COCCOCCOCCO)c(COCCOCCOCCO)c(COCCOCCOCCO)c2)COC(=O)c2cc(COCCOCCOCCO)c(COCCOCCOCCO)c(COCCOCCOCCO)c2)O1.